The second-order valence-corrected chi connectivity index (χ2v) is 8.48. The normalized spacial score (nSPS) is 12.2. The highest BCUT2D eigenvalue weighted by Gasteiger charge is 2.26. The predicted octanol–water partition coefficient (Wildman–Crippen LogP) is 2.32. The van der Waals surface area contributed by atoms with Crippen LogP contribution in [0, 0.1) is 5.82 Å². The number of anilines is 1. The van der Waals surface area contributed by atoms with Crippen molar-refractivity contribution in [3.63, 3.8) is 0 Å². The summed E-state index contributed by atoms with van der Waals surface area (Å²) in [6, 6.07) is 5.55. The van der Waals surface area contributed by atoms with Gasteiger partial charge in [0.25, 0.3) is 10.0 Å². The van der Waals surface area contributed by atoms with Crippen LogP contribution in [0.25, 0.3) is 0 Å². The molecule has 0 aliphatic rings. The number of hydrogen-bond donors (Lipinski definition) is 2. The van der Waals surface area contributed by atoms with Gasteiger partial charge in [-0.15, -0.1) is 0 Å². The SMILES string of the molecule is O=C(O)c1cc(S(=O)(=O)Nc2ccc(S(=O)(=O)C(F)F)cc2)ccc1F. The van der Waals surface area contributed by atoms with Crippen molar-refractivity contribution in [2.45, 2.75) is 15.5 Å². The summed E-state index contributed by atoms with van der Waals surface area (Å²) in [6.45, 7) is 0. The van der Waals surface area contributed by atoms with Gasteiger partial charge in [-0.25, -0.2) is 26.0 Å². The molecule has 0 fully saturated rings. The lowest BCUT2D eigenvalue weighted by molar-refractivity contribution is 0.0691. The monoisotopic (exact) mass is 409 g/mol. The molecule has 0 aliphatic heterocycles. The van der Waals surface area contributed by atoms with Crippen LogP contribution in [0.3, 0.4) is 0 Å². The smallest absolute Gasteiger partial charge is 0.341 e. The number of sulfone groups is 1. The van der Waals surface area contributed by atoms with Crippen LogP contribution in [-0.4, -0.2) is 33.7 Å². The number of carboxylic acids is 1. The number of hydrogen-bond acceptors (Lipinski definition) is 5. The Balaban J connectivity index is 2.33. The van der Waals surface area contributed by atoms with Crippen molar-refractivity contribution in [1.82, 2.24) is 0 Å². The Hall–Kier alpha value is -2.60. The standard InChI is InChI=1S/C14H10F3NO6S2/c15-12-6-5-10(7-11(12)13(19)20)26(23,24)18-8-1-3-9(4-2-8)25(21,22)14(16)17/h1-7,14,18H,(H,19,20). The van der Waals surface area contributed by atoms with E-state index in [1.165, 1.54) is 0 Å². The summed E-state index contributed by atoms with van der Waals surface area (Å²) in [6.07, 6.45) is 0. The third-order valence-corrected chi connectivity index (χ3v) is 5.93. The minimum absolute atomic E-state index is 0.167. The van der Waals surface area contributed by atoms with E-state index in [9.17, 15) is 34.8 Å². The van der Waals surface area contributed by atoms with Crippen molar-refractivity contribution in [3.8, 4) is 0 Å². The van der Waals surface area contributed by atoms with Gasteiger partial charge in [0.2, 0.25) is 9.84 Å². The zero-order chi connectivity index (χ0) is 19.7. The maximum atomic E-state index is 13.3. The van der Waals surface area contributed by atoms with E-state index in [0.717, 1.165) is 30.3 Å². The molecule has 0 bridgehead atoms. The Morgan fingerprint density at radius 1 is 0.962 bits per heavy atom. The molecule has 0 atom stereocenters. The lowest BCUT2D eigenvalue weighted by Crippen LogP contribution is -2.15. The average molecular weight is 409 g/mol. The summed E-state index contributed by atoms with van der Waals surface area (Å²) in [5.74, 6) is -6.42. The molecule has 26 heavy (non-hydrogen) atoms. The number of halogens is 3. The van der Waals surface area contributed by atoms with Gasteiger partial charge in [0.1, 0.15) is 5.82 Å². The molecular weight excluding hydrogens is 399 g/mol. The fourth-order valence-electron chi connectivity index (χ4n) is 1.87. The van der Waals surface area contributed by atoms with Gasteiger partial charge in [-0.05, 0) is 42.5 Å². The number of nitrogens with one attached hydrogen (secondary N) is 1. The van der Waals surface area contributed by atoms with Gasteiger partial charge in [-0.2, -0.15) is 8.78 Å². The second kappa shape index (κ2) is 6.96. The van der Waals surface area contributed by atoms with Crippen LogP contribution < -0.4 is 4.72 Å². The summed E-state index contributed by atoms with van der Waals surface area (Å²) in [7, 11) is -9.16. The summed E-state index contributed by atoms with van der Waals surface area (Å²) >= 11 is 0. The average Bonchev–Trinajstić information content (AvgIpc) is 2.54. The molecule has 140 valence electrons. The van der Waals surface area contributed by atoms with Crippen LogP contribution in [0.2, 0.25) is 0 Å². The maximum absolute atomic E-state index is 13.3. The number of carbonyl (C=O) groups is 1. The van der Waals surface area contributed by atoms with Crippen molar-refractivity contribution in [2.24, 2.45) is 0 Å². The van der Waals surface area contributed by atoms with E-state index in [-0.39, 0.29) is 5.69 Å². The minimum Gasteiger partial charge on any atom is -0.478 e. The second-order valence-electron chi connectivity index (χ2n) is 4.88. The molecule has 12 heteroatoms. The maximum Gasteiger partial charge on any atom is 0.341 e. The molecule has 0 unspecified atom stereocenters. The highest BCUT2D eigenvalue weighted by atomic mass is 32.2. The Kier molecular flexibility index (Phi) is 5.28. The molecule has 0 aliphatic carbocycles. The largest absolute Gasteiger partial charge is 0.478 e. The van der Waals surface area contributed by atoms with Crippen molar-refractivity contribution in [3.05, 3.63) is 53.8 Å². The molecule has 0 radical (unpaired) electrons. The molecule has 0 spiro atoms. The molecule has 0 heterocycles. The van der Waals surface area contributed by atoms with E-state index in [4.69, 9.17) is 5.11 Å². The molecule has 0 aromatic heterocycles. The van der Waals surface area contributed by atoms with Gasteiger partial charge < -0.3 is 5.11 Å². The van der Waals surface area contributed by atoms with Crippen LogP contribution >= 0.6 is 0 Å². The molecule has 2 aromatic carbocycles. The molecule has 2 rings (SSSR count). The molecule has 0 saturated heterocycles. The molecule has 2 aromatic rings. The first-order valence-corrected chi connectivity index (χ1v) is 9.66. The van der Waals surface area contributed by atoms with Gasteiger partial charge in [0, 0.05) is 5.69 Å². The van der Waals surface area contributed by atoms with Crippen LogP contribution in [0.5, 0.6) is 0 Å². The summed E-state index contributed by atoms with van der Waals surface area (Å²) < 4.78 is 87.3. The van der Waals surface area contributed by atoms with E-state index in [1.54, 1.807) is 0 Å². The van der Waals surface area contributed by atoms with Gasteiger partial charge in [-0.3, -0.25) is 4.72 Å². The number of rotatable bonds is 6. The van der Waals surface area contributed by atoms with Gasteiger partial charge in [0.15, 0.2) is 0 Å². The lowest BCUT2D eigenvalue weighted by atomic mass is 10.2. The fourth-order valence-corrected chi connectivity index (χ4v) is 3.67. The van der Waals surface area contributed by atoms with Gasteiger partial charge >= 0.3 is 11.7 Å². The molecule has 0 amide bonds. The van der Waals surface area contributed by atoms with Crippen LogP contribution in [-0.2, 0) is 19.9 Å². The molecule has 0 saturated carbocycles. The van der Waals surface area contributed by atoms with Crippen molar-refractivity contribution >= 4 is 31.5 Å². The van der Waals surface area contributed by atoms with E-state index in [2.05, 4.69) is 0 Å². The number of sulfonamides is 1. The Labute approximate surface area is 146 Å². The van der Waals surface area contributed by atoms with Crippen LogP contribution in [0.1, 0.15) is 10.4 Å². The zero-order valence-corrected chi connectivity index (χ0v) is 14.2. The summed E-state index contributed by atoms with van der Waals surface area (Å²) in [4.78, 5) is 9.61. The number of alkyl halides is 2. The Bertz CT molecular complexity index is 1050. The van der Waals surface area contributed by atoms with Crippen molar-refractivity contribution < 1.29 is 39.9 Å². The summed E-state index contributed by atoms with van der Waals surface area (Å²) in [5.41, 5.74) is -1.02. The third kappa shape index (κ3) is 3.96. The topological polar surface area (TPSA) is 118 Å². The number of benzene rings is 2. The van der Waals surface area contributed by atoms with E-state index in [0.29, 0.717) is 12.1 Å². The van der Waals surface area contributed by atoms with E-state index >= 15 is 0 Å². The fraction of sp³-hybridized carbons (Fsp3) is 0.0714. The van der Waals surface area contributed by atoms with Crippen molar-refractivity contribution in [1.29, 1.82) is 0 Å². The van der Waals surface area contributed by atoms with Crippen molar-refractivity contribution in [2.75, 3.05) is 4.72 Å². The highest BCUT2D eigenvalue weighted by Crippen LogP contribution is 2.23. The minimum atomic E-state index is -4.83. The molecule has 2 N–H and O–H groups in total. The first-order valence-electron chi connectivity index (χ1n) is 6.63. The van der Waals surface area contributed by atoms with Gasteiger partial charge in [-0.1, -0.05) is 0 Å². The zero-order valence-electron chi connectivity index (χ0n) is 12.6. The lowest BCUT2D eigenvalue weighted by Gasteiger charge is -2.10. The number of aromatic carboxylic acids is 1. The van der Waals surface area contributed by atoms with Gasteiger partial charge in [0.05, 0.1) is 15.4 Å². The highest BCUT2D eigenvalue weighted by molar-refractivity contribution is 7.92. The van der Waals surface area contributed by atoms with E-state index < -0.39 is 52.8 Å². The third-order valence-electron chi connectivity index (χ3n) is 3.15. The Morgan fingerprint density at radius 3 is 2.00 bits per heavy atom. The predicted molar refractivity (Wildman–Crippen MR) is 83.8 cm³/mol. The summed E-state index contributed by atoms with van der Waals surface area (Å²) in [5, 5.41) is 8.82. The van der Waals surface area contributed by atoms with E-state index in [1.807, 2.05) is 4.72 Å². The quantitative estimate of drug-likeness (QED) is 0.756. The van der Waals surface area contributed by atoms with Crippen LogP contribution in [0.4, 0.5) is 18.9 Å². The molecular formula is C14H10F3NO6S2. The Morgan fingerprint density at radius 2 is 1.50 bits per heavy atom. The number of carboxylic acid groups (broad SMARTS) is 1. The molecule has 7 nitrogen and oxygen atoms in total. The first-order chi connectivity index (χ1) is 11.9. The first kappa shape index (κ1) is 19.7. The van der Waals surface area contributed by atoms with Crippen LogP contribution in [0.15, 0.2) is 52.3 Å².